The van der Waals surface area contributed by atoms with Gasteiger partial charge in [0.1, 0.15) is 5.82 Å². The minimum absolute atomic E-state index is 0.0500. The number of hydrogen-bond donors (Lipinski definition) is 3. The van der Waals surface area contributed by atoms with Crippen molar-refractivity contribution in [3.05, 3.63) is 59.4 Å². The second-order valence-corrected chi connectivity index (χ2v) is 5.74. The van der Waals surface area contributed by atoms with E-state index in [1.165, 1.54) is 42.5 Å². The Kier molecular flexibility index (Phi) is 4.83. The zero-order valence-electron chi connectivity index (χ0n) is 13.7. The lowest BCUT2D eigenvalue weighted by molar-refractivity contribution is -0.120. The van der Waals surface area contributed by atoms with Gasteiger partial charge in [0.2, 0.25) is 5.91 Å². The Morgan fingerprint density at radius 1 is 1.15 bits per heavy atom. The van der Waals surface area contributed by atoms with E-state index >= 15 is 0 Å². The molecular formula is C18H16FN3O4. The van der Waals surface area contributed by atoms with Gasteiger partial charge in [-0.15, -0.1) is 0 Å². The van der Waals surface area contributed by atoms with Crippen molar-refractivity contribution in [2.45, 2.75) is 0 Å². The molecule has 2 aromatic rings. The number of carbonyl (C=O) groups is 3. The lowest BCUT2D eigenvalue weighted by atomic mass is 10.1. The van der Waals surface area contributed by atoms with Crippen molar-refractivity contribution in [3.63, 3.8) is 0 Å². The number of halogens is 1. The van der Waals surface area contributed by atoms with Crippen molar-refractivity contribution in [3.8, 4) is 0 Å². The van der Waals surface area contributed by atoms with Gasteiger partial charge in [0.25, 0.3) is 5.91 Å². The molecule has 2 aromatic carbocycles. The number of anilines is 2. The Bertz CT molecular complexity index is 884. The van der Waals surface area contributed by atoms with E-state index in [1.807, 2.05) is 0 Å². The van der Waals surface area contributed by atoms with Gasteiger partial charge in [0.15, 0.2) is 0 Å². The van der Waals surface area contributed by atoms with Gasteiger partial charge in [-0.3, -0.25) is 9.59 Å². The summed E-state index contributed by atoms with van der Waals surface area (Å²) in [4.78, 5) is 37.0. The van der Waals surface area contributed by atoms with E-state index < -0.39 is 17.7 Å². The van der Waals surface area contributed by atoms with E-state index in [0.29, 0.717) is 18.8 Å². The number of carboxylic acid groups (broad SMARTS) is 1. The Balaban J connectivity index is 1.87. The minimum Gasteiger partial charge on any atom is -0.478 e. The Morgan fingerprint density at radius 3 is 2.62 bits per heavy atom. The summed E-state index contributed by atoms with van der Waals surface area (Å²) in [5, 5.41) is 14.6. The zero-order chi connectivity index (χ0) is 18.7. The maximum absolute atomic E-state index is 13.7. The second-order valence-electron chi connectivity index (χ2n) is 5.74. The van der Waals surface area contributed by atoms with Crippen molar-refractivity contribution >= 4 is 29.2 Å². The molecule has 8 heteroatoms. The van der Waals surface area contributed by atoms with Gasteiger partial charge in [-0.05, 0) is 30.3 Å². The first kappa shape index (κ1) is 17.4. The third-order valence-corrected chi connectivity index (χ3v) is 3.98. The average Bonchev–Trinajstić information content (AvgIpc) is 2.62. The molecule has 0 aromatic heterocycles. The normalized spacial score (nSPS) is 13.9. The van der Waals surface area contributed by atoms with Crippen LogP contribution in [0, 0.1) is 5.82 Å². The van der Waals surface area contributed by atoms with E-state index in [1.54, 1.807) is 4.90 Å². The molecule has 1 heterocycles. The number of hydrogen-bond acceptors (Lipinski definition) is 4. The van der Waals surface area contributed by atoms with Crippen LogP contribution in [0.1, 0.15) is 20.7 Å². The fourth-order valence-corrected chi connectivity index (χ4v) is 2.75. The number of piperazine rings is 1. The number of nitrogens with zero attached hydrogens (tertiary/aromatic N) is 1. The highest BCUT2D eigenvalue weighted by Gasteiger charge is 2.22. The molecule has 1 saturated heterocycles. The maximum atomic E-state index is 13.7. The number of benzene rings is 2. The Hall–Kier alpha value is -3.42. The predicted molar refractivity (Wildman–Crippen MR) is 93.0 cm³/mol. The van der Waals surface area contributed by atoms with E-state index in [9.17, 15) is 23.9 Å². The molecule has 0 aliphatic carbocycles. The molecule has 1 fully saturated rings. The first-order valence-electron chi connectivity index (χ1n) is 7.90. The van der Waals surface area contributed by atoms with Crippen LogP contribution in [0.15, 0.2) is 42.5 Å². The highest BCUT2D eigenvalue weighted by molar-refractivity contribution is 6.05. The SMILES string of the molecule is O=C1CN(c2ccc(NC(=O)c3ccccc3F)cc2C(=O)O)CCN1. The summed E-state index contributed by atoms with van der Waals surface area (Å²) in [6.07, 6.45) is 0. The number of rotatable bonds is 4. The number of carbonyl (C=O) groups excluding carboxylic acids is 2. The quantitative estimate of drug-likeness (QED) is 0.774. The monoisotopic (exact) mass is 357 g/mol. The third-order valence-electron chi connectivity index (χ3n) is 3.98. The molecule has 0 bridgehead atoms. The highest BCUT2D eigenvalue weighted by atomic mass is 19.1. The van der Waals surface area contributed by atoms with Crippen LogP contribution in [-0.2, 0) is 4.79 Å². The molecule has 1 aliphatic heterocycles. The van der Waals surface area contributed by atoms with Crippen LogP contribution in [0.5, 0.6) is 0 Å². The van der Waals surface area contributed by atoms with E-state index in [4.69, 9.17) is 0 Å². The first-order chi connectivity index (χ1) is 12.5. The largest absolute Gasteiger partial charge is 0.478 e. The smallest absolute Gasteiger partial charge is 0.337 e. The fraction of sp³-hybridized carbons (Fsp3) is 0.167. The highest BCUT2D eigenvalue weighted by Crippen LogP contribution is 2.25. The predicted octanol–water partition coefficient (Wildman–Crippen LogP) is 1.71. The molecular weight excluding hydrogens is 341 g/mol. The zero-order valence-corrected chi connectivity index (χ0v) is 13.7. The van der Waals surface area contributed by atoms with E-state index in [2.05, 4.69) is 10.6 Å². The molecule has 134 valence electrons. The summed E-state index contributed by atoms with van der Waals surface area (Å²) < 4.78 is 13.7. The van der Waals surface area contributed by atoms with Crippen LogP contribution < -0.4 is 15.5 Å². The van der Waals surface area contributed by atoms with Crippen molar-refractivity contribution in [1.29, 1.82) is 0 Å². The number of aromatic carboxylic acids is 1. The minimum atomic E-state index is -1.19. The van der Waals surface area contributed by atoms with Crippen molar-refractivity contribution in [2.24, 2.45) is 0 Å². The molecule has 0 radical (unpaired) electrons. The number of nitrogens with one attached hydrogen (secondary N) is 2. The van der Waals surface area contributed by atoms with Crippen LogP contribution in [0.2, 0.25) is 0 Å². The first-order valence-corrected chi connectivity index (χ1v) is 7.90. The number of amides is 2. The topological polar surface area (TPSA) is 98.7 Å². The summed E-state index contributed by atoms with van der Waals surface area (Å²) >= 11 is 0. The lowest BCUT2D eigenvalue weighted by Crippen LogP contribution is -2.48. The molecule has 0 atom stereocenters. The fourth-order valence-electron chi connectivity index (χ4n) is 2.75. The van der Waals surface area contributed by atoms with E-state index in [0.717, 1.165) is 0 Å². The van der Waals surface area contributed by atoms with Gasteiger partial charge >= 0.3 is 5.97 Å². The molecule has 26 heavy (non-hydrogen) atoms. The average molecular weight is 357 g/mol. The van der Waals surface area contributed by atoms with Gasteiger partial charge in [-0.1, -0.05) is 12.1 Å². The van der Waals surface area contributed by atoms with Crippen LogP contribution >= 0.6 is 0 Å². The van der Waals surface area contributed by atoms with Crippen molar-refractivity contribution in [1.82, 2.24) is 5.32 Å². The Labute approximate surface area is 148 Å². The van der Waals surface area contributed by atoms with Crippen LogP contribution in [0.4, 0.5) is 15.8 Å². The van der Waals surface area contributed by atoms with Crippen molar-refractivity contribution in [2.75, 3.05) is 29.9 Å². The number of carboxylic acids is 1. The molecule has 7 nitrogen and oxygen atoms in total. The van der Waals surface area contributed by atoms with Gasteiger partial charge in [-0.2, -0.15) is 0 Å². The summed E-state index contributed by atoms with van der Waals surface area (Å²) in [5.41, 5.74) is 0.421. The van der Waals surface area contributed by atoms with Crippen LogP contribution in [-0.4, -0.2) is 42.5 Å². The molecule has 0 saturated carbocycles. The van der Waals surface area contributed by atoms with Crippen molar-refractivity contribution < 1.29 is 23.9 Å². The standard InChI is InChI=1S/C18H16FN3O4/c19-14-4-2-1-3-12(14)17(24)21-11-5-6-15(13(9-11)18(25)26)22-8-7-20-16(23)10-22/h1-6,9H,7-8,10H2,(H,20,23)(H,21,24)(H,25,26). The molecule has 3 rings (SSSR count). The summed E-state index contributed by atoms with van der Waals surface area (Å²) in [6.45, 7) is 0.956. The molecule has 2 amide bonds. The lowest BCUT2D eigenvalue weighted by Gasteiger charge is -2.29. The maximum Gasteiger partial charge on any atom is 0.337 e. The molecule has 0 spiro atoms. The van der Waals surface area contributed by atoms with Crippen LogP contribution in [0.3, 0.4) is 0 Å². The summed E-state index contributed by atoms with van der Waals surface area (Å²) in [6, 6.07) is 9.85. The van der Waals surface area contributed by atoms with Crippen LogP contribution in [0.25, 0.3) is 0 Å². The molecule has 1 aliphatic rings. The summed E-state index contributed by atoms with van der Waals surface area (Å²) in [5.74, 6) is -2.72. The molecule has 3 N–H and O–H groups in total. The van der Waals surface area contributed by atoms with Gasteiger partial charge < -0.3 is 20.6 Å². The molecule has 0 unspecified atom stereocenters. The van der Waals surface area contributed by atoms with Gasteiger partial charge in [-0.25, -0.2) is 9.18 Å². The van der Waals surface area contributed by atoms with E-state index in [-0.39, 0.29) is 29.3 Å². The summed E-state index contributed by atoms with van der Waals surface area (Å²) in [7, 11) is 0. The Morgan fingerprint density at radius 2 is 1.92 bits per heavy atom. The second kappa shape index (κ2) is 7.22. The van der Waals surface area contributed by atoms with Gasteiger partial charge in [0, 0.05) is 18.8 Å². The van der Waals surface area contributed by atoms with Gasteiger partial charge in [0.05, 0.1) is 23.4 Å². The third kappa shape index (κ3) is 3.64.